The van der Waals surface area contributed by atoms with E-state index in [1.807, 2.05) is 36.0 Å². The second kappa shape index (κ2) is 4.38. The first-order chi connectivity index (χ1) is 8.72. The van der Waals surface area contributed by atoms with Crippen molar-refractivity contribution in [2.45, 2.75) is 10.9 Å². The molecule has 0 radical (unpaired) electrons. The smallest absolute Gasteiger partial charge is 0.168 e. The van der Waals surface area contributed by atoms with Gasteiger partial charge in [0.05, 0.1) is 16.8 Å². The normalized spacial score (nSPS) is 11.2. The van der Waals surface area contributed by atoms with E-state index < -0.39 is 0 Å². The summed E-state index contributed by atoms with van der Waals surface area (Å²) in [4.78, 5) is 12.0. The number of aromatic amines is 1. The van der Waals surface area contributed by atoms with Crippen molar-refractivity contribution in [3.8, 4) is 0 Å². The molecule has 0 bridgehead atoms. The lowest BCUT2D eigenvalue weighted by Crippen LogP contribution is -1.90. The molecule has 0 saturated heterocycles. The van der Waals surface area contributed by atoms with E-state index in [0.29, 0.717) is 0 Å². The number of nitrogens with one attached hydrogen (secondary N) is 1. The highest BCUT2D eigenvalue weighted by Crippen LogP contribution is 2.21. The fourth-order valence-corrected chi connectivity index (χ4v) is 2.57. The minimum atomic E-state index is 0.745. The zero-order chi connectivity index (χ0) is 12.5. The maximum Gasteiger partial charge on any atom is 0.168 e. The number of aromatic nitrogens is 4. The highest BCUT2D eigenvalue weighted by Gasteiger charge is 2.05. The topological polar surface area (TPSA) is 72.5 Å². The van der Waals surface area contributed by atoms with Crippen molar-refractivity contribution in [3.63, 3.8) is 0 Å². The van der Waals surface area contributed by atoms with Crippen molar-refractivity contribution < 1.29 is 0 Å². The van der Waals surface area contributed by atoms with Crippen LogP contribution in [0.3, 0.4) is 0 Å². The number of aryl methyl sites for hydroxylation is 1. The van der Waals surface area contributed by atoms with Gasteiger partial charge in [-0.05, 0) is 18.2 Å². The number of nitrogen functional groups attached to an aromatic ring is 1. The molecule has 0 aliphatic rings. The van der Waals surface area contributed by atoms with E-state index >= 15 is 0 Å². The van der Waals surface area contributed by atoms with Crippen LogP contribution in [0.4, 0.5) is 5.69 Å². The van der Waals surface area contributed by atoms with Crippen molar-refractivity contribution in [2.75, 3.05) is 5.73 Å². The van der Waals surface area contributed by atoms with Crippen LogP contribution in [-0.4, -0.2) is 19.5 Å². The quantitative estimate of drug-likeness (QED) is 0.558. The van der Waals surface area contributed by atoms with E-state index in [4.69, 9.17) is 5.73 Å². The van der Waals surface area contributed by atoms with Gasteiger partial charge in [0.1, 0.15) is 5.82 Å². The Morgan fingerprint density at radius 1 is 1.44 bits per heavy atom. The monoisotopic (exact) mass is 259 g/mol. The predicted octanol–water partition coefficient (Wildman–Crippen LogP) is 2.17. The average Bonchev–Trinajstić information content (AvgIpc) is 2.92. The number of thioether (sulfide) groups is 1. The summed E-state index contributed by atoms with van der Waals surface area (Å²) in [5.74, 6) is 1.70. The second-order valence-corrected chi connectivity index (χ2v) is 5.01. The number of hydrogen-bond acceptors (Lipinski definition) is 4. The van der Waals surface area contributed by atoms with Gasteiger partial charge < -0.3 is 15.3 Å². The number of rotatable bonds is 3. The molecule has 0 aliphatic heterocycles. The van der Waals surface area contributed by atoms with Gasteiger partial charge in [0.25, 0.3) is 0 Å². The van der Waals surface area contributed by atoms with Crippen LogP contribution in [0, 0.1) is 0 Å². The SMILES string of the molecule is Cn1ccnc1SCc1nc2ccc(N)cc2[nH]1. The van der Waals surface area contributed by atoms with Gasteiger partial charge in [-0.2, -0.15) is 0 Å². The molecule has 5 nitrogen and oxygen atoms in total. The zero-order valence-electron chi connectivity index (χ0n) is 9.92. The van der Waals surface area contributed by atoms with Gasteiger partial charge in [-0.1, -0.05) is 11.8 Å². The number of nitrogens with zero attached hydrogens (tertiary/aromatic N) is 3. The van der Waals surface area contributed by atoms with Crippen molar-refractivity contribution in [2.24, 2.45) is 7.05 Å². The Labute approximate surface area is 108 Å². The molecule has 2 aromatic heterocycles. The summed E-state index contributed by atoms with van der Waals surface area (Å²) in [6.45, 7) is 0. The molecule has 3 N–H and O–H groups in total. The summed E-state index contributed by atoms with van der Waals surface area (Å²) in [6.07, 6.45) is 3.73. The van der Waals surface area contributed by atoms with Crippen LogP contribution in [0.1, 0.15) is 5.82 Å². The number of fused-ring (bicyclic) bond motifs is 1. The summed E-state index contributed by atoms with van der Waals surface area (Å²) >= 11 is 1.65. The molecule has 1 aromatic carbocycles. The molecule has 2 heterocycles. The third-order valence-corrected chi connectivity index (χ3v) is 3.74. The number of H-pyrrole nitrogens is 1. The maximum absolute atomic E-state index is 5.74. The van der Waals surface area contributed by atoms with Crippen LogP contribution >= 0.6 is 11.8 Å². The maximum atomic E-state index is 5.74. The minimum Gasteiger partial charge on any atom is -0.399 e. The molecule has 92 valence electrons. The Hall–Kier alpha value is -1.95. The number of hydrogen-bond donors (Lipinski definition) is 2. The highest BCUT2D eigenvalue weighted by molar-refractivity contribution is 7.98. The van der Waals surface area contributed by atoms with Crippen molar-refractivity contribution in [1.82, 2.24) is 19.5 Å². The molecule has 0 saturated carbocycles. The average molecular weight is 259 g/mol. The minimum absolute atomic E-state index is 0.745. The molecule has 0 unspecified atom stereocenters. The predicted molar refractivity (Wildman–Crippen MR) is 73.3 cm³/mol. The Morgan fingerprint density at radius 3 is 3.11 bits per heavy atom. The van der Waals surface area contributed by atoms with E-state index in [-0.39, 0.29) is 0 Å². The van der Waals surface area contributed by atoms with Crippen LogP contribution in [0.5, 0.6) is 0 Å². The molecule has 0 spiro atoms. The lowest BCUT2D eigenvalue weighted by Gasteiger charge is -1.98. The molecule has 0 amide bonds. The highest BCUT2D eigenvalue weighted by atomic mass is 32.2. The van der Waals surface area contributed by atoms with Gasteiger partial charge in [0.2, 0.25) is 0 Å². The van der Waals surface area contributed by atoms with Gasteiger partial charge in [0, 0.05) is 25.1 Å². The molecule has 18 heavy (non-hydrogen) atoms. The summed E-state index contributed by atoms with van der Waals surface area (Å²) in [5, 5.41) is 0.981. The Morgan fingerprint density at radius 2 is 2.33 bits per heavy atom. The lowest BCUT2D eigenvalue weighted by molar-refractivity contribution is 0.789. The van der Waals surface area contributed by atoms with Gasteiger partial charge in [-0.15, -0.1) is 0 Å². The van der Waals surface area contributed by atoms with Crippen LogP contribution in [0.25, 0.3) is 11.0 Å². The summed E-state index contributed by atoms with van der Waals surface area (Å²) in [5.41, 5.74) is 8.40. The van der Waals surface area contributed by atoms with E-state index in [9.17, 15) is 0 Å². The molecule has 0 fully saturated rings. The van der Waals surface area contributed by atoms with E-state index in [0.717, 1.165) is 33.5 Å². The second-order valence-electron chi connectivity index (χ2n) is 4.07. The van der Waals surface area contributed by atoms with Crippen molar-refractivity contribution in [3.05, 3.63) is 36.4 Å². The molecule has 0 atom stereocenters. The number of imidazole rings is 2. The van der Waals surface area contributed by atoms with Crippen LogP contribution in [-0.2, 0) is 12.8 Å². The molecule has 6 heteroatoms. The molecule has 0 aliphatic carbocycles. The summed E-state index contributed by atoms with van der Waals surface area (Å²) < 4.78 is 1.99. The van der Waals surface area contributed by atoms with Crippen LogP contribution in [0.2, 0.25) is 0 Å². The van der Waals surface area contributed by atoms with Crippen molar-refractivity contribution >= 4 is 28.5 Å². The third kappa shape index (κ3) is 2.06. The zero-order valence-corrected chi connectivity index (χ0v) is 10.7. The van der Waals surface area contributed by atoms with E-state index in [1.54, 1.807) is 18.0 Å². The fourth-order valence-electron chi connectivity index (χ4n) is 1.77. The largest absolute Gasteiger partial charge is 0.399 e. The number of anilines is 1. The molecular weight excluding hydrogens is 246 g/mol. The Balaban J connectivity index is 1.81. The standard InChI is InChI=1S/C12H13N5S/c1-17-5-4-14-12(17)18-7-11-15-9-3-2-8(13)6-10(9)16-11/h2-6H,7,13H2,1H3,(H,15,16). The molecule has 3 aromatic rings. The van der Waals surface area contributed by atoms with Crippen molar-refractivity contribution in [1.29, 1.82) is 0 Å². The van der Waals surface area contributed by atoms with Gasteiger partial charge in [-0.25, -0.2) is 9.97 Å². The summed E-state index contributed by atoms with van der Waals surface area (Å²) in [7, 11) is 1.98. The van der Waals surface area contributed by atoms with E-state index in [2.05, 4.69) is 15.0 Å². The first-order valence-corrected chi connectivity index (χ1v) is 6.55. The first kappa shape index (κ1) is 11.2. The molecular formula is C12H13N5S. The summed E-state index contributed by atoms with van der Waals surface area (Å²) in [6, 6.07) is 5.69. The van der Waals surface area contributed by atoms with E-state index in [1.165, 1.54) is 0 Å². The first-order valence-electron chi connectivity index (χ1n) is 5.56. The Bertz CT molecular complexity index is 685. The fraction of sp³-hybridized carbons (Fsp3) is 0.167. The number of benzene rings is 1. The Kier molecular flexibility index (Phi) is 2.71. The van der Waals surface area contributed by atoms with Gasteiger partial charge >= 0.3 is 0 Å². The third-order valence-electron chi connectivity index (χ3n) is 2.67. The molecule has 3 rings (SSSR count). The van der Waals surface area contributed by atoms with Gasteiger partial charge in [-0.3, -0.25) is 0 Å². The van der Waals surface area contributed by atoms with Crippen LogP contribution in [0.15, 0.2) is 35.7 Å². The van der Waals surface area contributed by atoms with Gasteiger partial charge in [0.15, 0.2) is 5.16 Å². The lowest BCUT2D eigenvalue weighted by atomic mass is 10.3. The number of nitrogens with two attached hydrogens (primary N) is 1. The van der Waals surface area contributed by atoms with Crippen LogP contribution < -0.4 is 5.73 Å².